The van der Waals surface area contributed by atoms with Crippen LogP contribution in [0.4, 0.5) is 4.79 Å². The predicted octanol–water partition coefficient (Wildman–Crippen LogP) is 5.11. The number of carbonyl (C=O) groups excluding carboxylic acids is 2. The van der Waals surface area contributed by atoms with Crippen molar-refractivity contribution in [3.05, 3.63) is 0 Å². The summed E-state index contributed by atoms with van der Waals surface area (Å²) in [7, 11) is 0. The number of hydrogen-bond acceptors (Lipinski definition) is 4. The number of amides is 1. The number of carbonyl (C=O) groups is 2. The van der Waals surface area contributed by atoms with Crippen molar-refractivity contribution in [3.8, 4) is 0 Å². The molecule has 2 rings (SSSR count). The van der Waals surface area contributed by atoms with Crippen molar-refractivity contribution in [2.45, 2.75) is 90.6 Å². The van der Waals surface area contributed by atoms with Gasteiger partial charge in [0.25, 0.3) is 0 Å². The maximum absolute atomic E-state index is 12.9. The Morgan fingerprint density at radius 2 is 1.79 bits per heavy atom. The molecular weight excluding hydrogens is 376 g/mol. The van der Waals surface area contributed by atoms with Crippen LogP contribution in [0.5, 0.6) is 0 Å². The topological polar surface area (TPSA) is 58.6 Å². The highest BCUT2D eigenvalue weighted by Crippen LogP contribution is 2.42. The average molecular weight is 415 g/mol. The number of esters is 1. The van der Waals surface area contributed by atoms with Crippen LogP contribution in [0.25, 0.3) is 0 Å². The number of piperidine rings is 2. The first-order chi connectivity index (χ1) is 13.5. The number of hydrogen-bond donors (Lipinski definition) is 1. The summed E-state index contributed by atoms with van der Waals surface area (Å²) >= 11 is 5.64. The van der Waals surface area contributed by atoms with Crippen LogP contribution in [-0.2, 0) is 9.53 Å². The zero-order valence-electron chi connectivity index (χ0n) is 17.8. The van der Waals surface area contributed by atoms with Gasteiger partial charge in [0.05, 0.1) is 5.92 Å². The number of unbranched alkanes of at least 4 members (excludes halogenated alkanes) is 5. The van der Waals surface area contributed by atoms with Gasteiger partial charge in [-0.2, -0.15) is 0 Å². The van der Waals surface area contributed by atoms with E-state index in [0.717, 1.165) is 45.1 Å². The highest BCUT2D eigenvalue weighted by Gasteiger charge is 2.46. The van der Waals surface area contributed by atoms with Crippen molar-refractivity contribution in [3.63, 3.8) is 0 Å². The second-order valence-electron chi connectivity index (χ2n) is 8.64. The van der Waals surface area contributed by atoms with Crippen LogP contribution in [0.2, 0.25) is 0 Å². The fraction of sp³-hybridized carbons (Fsp3) is 0.909. The molecular formula is C22H39ClN2O3. The van der Waals surface area contributed by atoms with Crippen molar-refractivity contribution in [2.24, 2.45) is 11.3 Å². The Balaban J connectivity index is 1.84. The zero-order chi connectivity index (χ0) is 20.4. The number of rotatable bonds is 10. The fourth-order valence-electron chi connectivity index (χ4n) is 4.71. The van der Waals surface area contributed by atoms with Crippen LogP contribution < -0.4 is 5.32 Å². The van der Waals surface area contributed by atoms with E-state index in [0.29, 0.717) is 19.6 Å². The van der Waals surface area contributed by atoms with Crippen molar-refractivity contribution in [1.82, 2.24) is 10.2 Å². The highest BCUT2D eigenvalue weighted by molar-refractivity contribution is 6.62. The molecule has 2 saturated heterocycles. The summed E-state index contributed by atoms with van der Waals surface area (Å²) < 4.78 is 6.09. The predicted molar refractivity (Wildman–Crippen MR) is 114 cm³/mol. The number of likely N-dealkylation sites (tertiary alicyclic amines) is 1. The Hall–Kier alpha value is -0.810. The van der Waals surface area contributed by atoms with Crippen molar-refractivity contribution in [1.29, 1.82) is 0 Å². The van der Waals surface area contributed by atoms with Crippen LogP contribution in [0.3, 0.4) is 0 Å². The molecule has 2 atom stereocenters. The average Bonchev–Trinajstić information content (AvgIpc) is 2.69. The molecule has 0 aromatic carbocycles. The van der Waals surface area contributed by atoms with E-state index < -0.39 is 0 Å². The molecule has 1 N–H and O–H groups in total. The Kier molecular flexibility index (Phi) is 10.1. The van der Waals surface area contributed by atoms with E-state index in [1.807, 2.05) is 0 Å². The normalized spacial score (nSPS) is 22.8. The molecule has 2 unspecified atom stereocenters. The molecule has 6 heteroatoms. The largest absolute Gasteiger partial charge is 0.460 e. The summed E-state index contributed by atoms with van der Waals surface area (Å²) in [6.45, 7) is 7.29. The monoisotopic (exact) mass is 414 g/mol. The molecule has 2 aliphatic rings. The molecule has 0 saturated carbocycles. The van der Waals surface area contributed by atoms with E-state index in [4.69, 9.17) is 16.3 Å². The standard InChI is InChI=1S/C22H39ClN2O3/c1-3-5-6-7-8-9-10-18(4-2)20(26)28-19-17-24-14-11-22(19)12-15-25(16-13-22)21(23)27/h18-19,24H,3-17H2,1-2H3. The zero-order valence-corrected chi connectivity index (χ0v) is 18.6. The van der Waals surface area contributed by atoms with Gasteiger partial charge in [-0.1, -0.05) is 52.4 Å². The number of halogens is 1. The van der Waals surface area contributed by atoms with E-state index in [1.165, 1.54) is 32.1 Å². The summed E-state index contributed by atoms with van der Waals surface area (Å²) in [6.07, 6.45) is 11.8. The molecule has 5 nitrogen and oxygen atoms in total. The molecule has 162 valence electrons. The van der Waals surface area contributed by atoms with Gasteiger partial charge in [-0.05, 0) is 50.2 Å². The van der Waals surface area contributed by atoms with Crippen molar-refractivity contribution in [2.75, 3.05) is 26.2 Å². The second kappa shape index (κ2) is 12.0. The van der Waals surface area contributed by atoms with E-state index in [1.54, 1.807) is 4.90 Å². The van der Waals surface area contributed by atoms with Crippen LogP contribution in [0.15, 0.2) is 0 Å². The molecule has 28 heavy (non-hydrogen) atoms. The lowest BCUT2D eigenvalue weighted by Gasteiger charge is -2.48. The minimum Gasteiger partial charge on any atom is -0.460 e. The summed E-state index contributed by atoms with van der Waals surface area (Å²) in [5, 5.41) is 3.02. The van der Waals surface area contributed by atoms with Crippen LogP contribution in [-0.4, -0.2) is 48.5 Å². The highest BCUT2D eigenvalue weighted by atomic mass is 35.5. The number of nitrogens with one attached hydrogen (secondary N) is 1. The third-order valence-electron chi connectivity index (χ3n) is 6.81. The van der Waals surface area contributed by atoms with Gasteiger partial charge in [0.15, 0.2) is 0 Å². The van der Waals surface area contributed by atoms with Crippen LogP contribution >= 0.6 is 11.6 Å². The first-order valence-corrected chi connectivity index (χ1v) is 11.8. The van der Waals surface area contributed by atoms with Gasteiger partial charge in [0.1, 0.15) is 6.10 Å². The number of nitrogens with zero attached hydrogens (tertiary/aromatic N) is 1. The molecule has 0 radical (unpaired) electrons. The third-order valence-corrected chi connectivity index (χ3v) is 7.05. The molecule has 2 aliphatic heterocycles. The quantitative estimate of drug-likeness (QED) is 0.233. The molecule has 0 aromatic rings. The van der Waals surface area contributed by atoms with Crippen LogP contribution in [0.1, 0.15) is 84.5 Å². The van der Waals surface area contributed by atoms with E-state index >= 15 is 0 Å². The maximum atomic E-state index is 12.9. The number of ether oxygens (including phenoxy) is 1. The van der Waals surface area contributed by atoms with Gasteiger partial charge in [-0.25, -0.2) is 0 Å². The second-order valence-corrected chi connectivity index (χ2v) is 8.97. The van der Waals surface area contributed by atoms with Gasteiger partial charge in [-0.15, -0.1) is 0 Å². The smallest absolute Gasteiger partial charge is 0.316 e. The Morgan fingerprint density at radius 3 is 2.43 bits per heavy atom. The first kappa shape index (κ1) is 23.5. The minimum absolute atomic E-state index is 0.00894. The summed E-state index contributed by atoms with van der Waals surface area (Å²) in [5.41, 5.74) is -0.0117. The Morgan fingerprint density at radius 1 is 1.11 bits per heavy atom. The molecule has 2 fully saturated rings. The maximum Gasteiger partial charge on any atom is 0.316 e. The van der Waals surface area contributed by atoms with Crippen LogP contribution in [0, 0.1) is 11.3 Å². The lowest BCUT2D eigenvalue weighted by molar-refractivity contribution is -0.166. The minimum atomic E-state index is -0.373. The van der Waals surface area contributed by atoms with E-state index in [2.05, 4.69) is 19.2 Å². The fourth-order valence-corrected chi connectivity index (χ4v) is 4.88. The summed E-state index contributed by atoms with van der Waals surface area (Å²) in [5.74, 6) is -0.0188. The molecule has 1 spiro atoms. The molecule has 0 aliphatic carbocycles. The van der Waals surface area contributed by atoms with Gasteiger partial charge in [0.2, 0.25) is 0 Å². The Labute approximate surface area is 175 Å². The first-order valence-electron chi connectivity index (χ1n) is 11.4. The summed E-state index contributed by atoms with van der Waals surface area (Å²) in [4.78, 5) is 26.0. The van der Waals surface area contributed by atoms with Gasteiger partial charge >= 0.3 is 11.3 Å². The van der Waals surface area contributed by atoms with Crippen molar-refractivity contribution >= 4 is 22.9 Å². The van der Waals surface area contributed by atoms with E-state index in [9.17, 15) is 9.59 Å². The molecule has 2 heterocycles. The van der Waals surface area contributed by atoms with Gasteiger partial charge < -0.3 is 15.0 Å². The van der Waals surface area contributed by atoms with Crippen molar-refractivity contribution < 1.29 is 14.3 Å². The third kappa shape index (κ3) is 6.62. The van der Waals surface area contributed by atoms with E-state index in [-0.39, 0.29) is 28.8 Å². The SMILES string of the molecule is CCCCCCCCC(CC)C(=O)OC1CNCCC12CCN(C(=O)Cl)CC2. The van der Waals surface area contributed by atoms with Gasteiger partial charge in [-0.3, -0.25) is 9.59 Å². The summed E-state index contributed by atoms with van der Waals surface area (Å²) in [6, 6.07) is 0. The lowest BCUT2D eigenvalue weighted by Crippen LogP contribution is -2.56. The molecule has 0 bridgehead atoms. The molecule has 0 aromatic heterocycles. The molecule has 1 amide bonds. The lowest BCUT2D eigenvalue weighted by atomic mass is 9.69. The Bertz CT molecular complexity index is 492. The van der Waals surface area contributed by atoms with Gasteiger partial charge in [0, 0.05) is 25.0 Å².